The molecular weight excluding hydrogens is 270 g/mol. The number of aliphatic carboxylic acids is 1. The number of likely N-dealkylation sites (N-methyl/N-ethyl adjacent to an activating group) is 1. The monoisotopic (exact) mass is 283 g/mol. The molecule has 6 heteroatoms. The molecule has 102 valence electrons. The number of halogens is 1. The van der Waals surface area contributed by atoms with Crippen molar-refractivity contribution in [2.75, 3.05) is 13.7 Å². The molecule has 0 aliphatic rings. The van der Waals surface area contributed by atoms with Crippen molar-refractivity contribution >= 4 is 23.7 Å². The second kappa shape index (κ2) is 6.80. The molecule has 0 heterocycles. The number of rotatable bonds is 5. The maximum Gasteiger partial charge on any atom is 0.410 e. The molecule has 0 radical (unpaired) electrons. The summed E-state index contributed by atoms with van der Waals surface area (Å²) in [6.45, 7) is 3.44. The zero-order chi connectivity index (χ0) is 14.4. The predicted octanol–water partition coefficient (Wildman–Crippen LogP) is 2.72. The third-order valence-electron chi connectivity index (χ3n) is 2.42. The Hall–Kier alpha value is -2.01. The number of nitrogens with zero attached hydrogens (tertiary/aromatic N) is 1. The van der Waals surface area contributed by atoms with Gasteiger partial charge in [-0.25, -0.2) is 9.59 Å². The fourth-order valence-electron chi connectivity index (χ4n) is 1.51. The molecule has 1 N–H and O–H groups in total. The standard InChI is InChI=1S/C13H14ClNO4/c1-3-8-19-13(18)15(2)11(12(16)17)9-4-6-10(14)7-5-9/h3-7,11H,1,8H2,2H3,(H,16,17). The van der Waals surface area contributed by atoms with Crippen LogP contribution in [0.4, 0.5) is 4.79 Å². The minimum atomic E-state index is -1.15. The van der Waals surface area contributed by atoms with Crippen LogP contribution < -0.4 is 0 Å². The second-order valence-corrected chi connectivity index (χ2v) is 4.21. The van der Waals surface area contributed by atoms with Crippen molar-refractivity contribution in [1.29, 1.82) is 0 Å². The normalized spacial score (nSPS) is 11.5. The van der Waals surface area contributed by atoms with E-state index in [9.17, 15) is 14.7 Å². The molecule has 5 nitrogen and oxygen atoms in total. The second-order valence-electron chi connectivity index (χ2n) is 3.77. The van der Waals surface area contributed by atoms with Gasteiger partial charge in [0.25, 0.3) is 0 Å². The van der Waals surface area contributed by atoms with Crippen LogP contribution in [0.3, 0.4) is 0 Å². The SMILES string of the molecule is C=CCOC(=O)N(C)C(C(=O)O)c1ccc(Cl)cc1. The van der Waals surface area contributed by atoms with Crippen molar-refractivity contribution in [1.82, 2.24) is 4.90 Å². The number of carboxylic acid groups (broad SMARTS) is 1. The largest absolute Gasteiger partial charge is 0.479 e. The first kappa shape index (κ1) is 15.0. The molecule has 1 atom stereocenters. The zero-order valence-corrected chi connectivity index (χ0v) is 11.1. The summed E-state index contributed by atoms with van der Waals surface area (Å²) in [6.07, 6.45) is 0.673. The van der Waals surface area contributed by atoms with Crippen LogP contribution in [0.25, 0.3) is 0 Å². The number of amides is 1. The van der Waals surface area contributed by atoms with Gasteiger partial charge in [-0.3, -0.25) is 4.90 Å². The highest BCUT2D eigenvalue weighted by atomic mass is 35.5. The summed E-state index contributed by atoms with van der Waals surface area (Å²) >= 11 is 5.74. The Morgan fingerprint density at radius 2 is 2.05 bits per heavy atom. The smallest absolute Gasteiger partial charge is 0.410 e. The Morgan fingerprint density at radius 1 is 1.47 bits per heavy atom. The van der Waals surface area contributed by atoms with Gasteiger partial charge in [-0.2, -0.15) is 0 Å². The molecule has 1 aromatic carbocycles. The van der Waals surface area contributed by atoms with Crippen molar-refractivity contribution in [3.8, 4) is 0 Å². The highest BCUT2D eigenvalue weighted by Gasteiger charge is 2.29. The lowest BCUT2D eigenvalue weighted by molar-refractivity contribution is -0.142. The first-order chi connectivity index (χ1) is 8.97. The topological polar surface area (TPSA) is 66.8 Å². The number of hydrogen-bond donors (Lipinski definition) is 1. The van der Waals surface area contributed by atoms with E-state index in [1.165, 1.54) is 13.1 Å². The maximum atomic E-state index is 11.7. The van der Waals surface area contributed by atoms with E-state index in [4.69, 9.17) is 16.3 Å². The van der Waals surface area contributed by atoms with Gasteiger partial charge >= 0.3 is 12.1 Å². The van der Waals surface area contributed by atoms with Crippen LogP contribution in [0.1, 0.15) is 11.6 Å². The molecule has 1 rings (SSSR count). The summed E-state index contributed by atoms with van der Waals surface area (Å²) in [5.74, 6) is -1.15. The molecule has 1 amide bonds. The third-order valence-corrected chi connectivity index (χ3v) is 2.67. The van der Waals surface area contributed by atoms with E-state index in [0.717, 1.165) is 4.90 Å². The molecule has 19 heavy (non-hydrogen) atoms. The molecule has 1 unspecified atom stereocenters. The van der Waals surface area contributed by atoms with Crippen LogP contribution in [0.5, 0.6) is 0 Å². The van der Waals surface area contributed by atoms with Crippen molar-refractivity contribution in [3.05, 3.63) is 47.5 Å². The number of ether oxygens (including phenoxy) is 1. The average molecular weight is 284 g/mol. The molecule has 0 saturated carbocycles. The first-order valence-electron chi connectivity index (χ1n) is 5.46. The van der Waals surface area contributed by atoms with Crippen LogP contribution in [0.15, 0.2) is 36.9 Å². The van der Waals surface area contributed by atoms with Crippen LogP contribution in [0.2, 0.25) is 5.02 Å². The first-order valence-corrected chi connectivity index (χ1v) is 5.84. The van der Waals surface area contributed by atoms with Gasteiger partial charge in [0.15, 0.2) is 6.04 Å². The number of hydrogen-bond acceptors (Lipinski definition) is 3. The lowest BCUT2D eigenvalue weighted by atomic mass is 10.1. The summed E-state index contributed by atoms with van der Waals surface area (Å²) in [4.78, 5) is 24.0. The average Bonchev–Trinajstić information content (AvgIpc) is 2.38. The molecule has 0 bridgehead atoms. The van der Waals surface area contributed by atoms with E-state index in [-0.39, 0.29) is 6.61 Å². The molecule has 1 aromatic rings. The minimum absolute atomic E-state index is 0.0239. The van der Waals surface area contributed by atoms with Gasteiger partial charge in [-0.1, -0.05) is 36.4 Å². The van der Waals surface area contributed by atoms with Gasteiger partial charge in [0.1, 0.15) is 6.61 Å². The van der Waals surface area contributed by atoms with E-state index < -0.39 is 18.1 Å². The molecule has 0 aliphatic carbocycles. The van der Waals surface area contributed by atoms with Gasteiger partial charge in [0.2, 0.25) is 0 Å². The lowest BCUT2D eigenvalue weighted by Crippen LogP contribution is -2.36. The van der Waals surface area contributed by atoms with Gasteiger partial charge in [-0.15, -0.1) is 0 Å². The van der Waals surface area contributed by atoms with Crippen LogP contribution in [-0.4, -0.2) is 35.7 Å². The van der Waals surface area contributed by atoms with Gasteiger partial charge in [0.05, 0.1) is 0 Å². The molecular formula is C13H14ClNO4. The summed E-state index contributed by atoms with van der Waals surface area (Å²) < 4.78 is 4.81. The fraction of sp³-hybridized carbons (Fsp3) is 0.231. The summed E-state index contributed by atoms with van der Waals surface area (Å²) in [6, 6.07) is 5.11. The zero-order valence-electron chi connectivity index (χ0n) is 10.4. The van der Waals surface area contributed by atoms with Crippen LogP contribution in [0, 0.1) is 0 Å². The fourth-order valence-corrected chi connectivity index (χ4v) is 1.64. The predicted molar refractivity (Wildman–Crippen MR) is 71.1 cm³/mol. The van der Waals surface area contributed by atoms with E-state index >= 15 is 0 Å². The van der Waals surface area contributed by atoms with Crippen molar-refractivity contribution in [2.24, 2.45) is 0 Å². The Kier molecular flexibility index (Phi) is 5.38. The van der Waals surface area contributed by atoms with E-state index in [0.29, 0.717) is 10.6 Å². The van der Waals surface area contributed by atoms with Crippen molar-refractivity contribution in [3.63, 3.8) is 0 Å². The highest BCUT2D eigenvalue weighted by molar-refractivity contribution is 6.30. The number of benzene rings is 1. The summed E-state index contributed by atoms with van der Waals surface area (Å²) in [7, 11) is 1.36. The molecule has 0 aliphatic heterocycles. The van der Waals surface area contributed by atoms with E-state index in [1.54, 1.807) is 24.3 Å². The summed E-state index contributed by atoms with van der Waals surface area (Å²) in [5, 5.41) is 9.73. The Balaban J connectivity index is 2.94. The Labute approximate surface area is 116 Å². The van der Waals surface area contributed by atoms with Crippen LogP contribution in [-0.2, 0) is 9.53 Å². The molecule has 0 spiro atoms. The quantitative estimate of drug-likeness (QED) is 0.844. The van der Waals surface area contributed by atoms with Gasteiger partial charge in [-0.05, 0) is 17.7 Å². The van der Waals surface area contributed by atoms with Crippen molar-refractivity contribution < 1.29 is 19.4 Å². The summed E-state index contributed by atoms with van der Waals surface area (Å²) in [5.41, 5.74) is 0.440. The number of carboxylic acids is 1. The minimum Gasteiger partial charge on any atom is -0.479 e. The Morgan fingerprint density at radius 3 is 2.53 bits per heavy atom. The maximum absolute atomic E-state index is 11.7. The Bertz CT molecular complexity index is 472. The lowest BCUT2D eigenvalue weighted by Gasteiger charge is -2.24. The molecule has 0 saturated heterocycles. The van der Waals surface area contributed by atoms with Crippen molar-refractivity contribution in [2.45, 2.75) is 6.04 Å². The third kappa shape index (κ3) is 3.99. The van der Waals surface area contributed by atoms with Gasteiger partial charge < -0.3 is 9.84 Å². The molecule has 0 aromatic heterocycles. The van der Waals surface area contributed by atoms with E-state index in [1.807, 2.05) is 0 Å². The van der Waals surface area contributed by atoms with Gasteiger partial charge in [0, 0.05) is 12.1 Å². The molecule has 0 fully saturated rings. The highest BCUT2D eigenvalue weighted by Crippen LogP contribution is 2.22. The number of carbonyl (C=O) groups is 2. The number of carbonyl (C=O) groups excluding carboxylic acids is 1. The van der Waals surface area contributed by atoms with E-state index in [2.05, 4.69) is 6.58 Å². The van der Waals surface area contributed by atoms with Crippen LogP contribution >= 0.6 is 11.6 Å².